The van der Waals surface area contributed by atoms with Crippen LogP contribution >= 0.6 is 0 Å². The summed E-state index contributed by atoms with van der Waals surface area (Å²) in [5, 5.41) is 9.15. The first-order valence-corrected chi connectivity index (χ1v) is 6.31. The van der Waals surface area contributed by atoms with Crippen molar-refractivity contribution in [2.45, 2.75) is 31.4 Å². The Morgan fingerprint density at radius 2 is 2.06 bits per heavy atom. The quantitative estimate of drug-likeness (QED) is 0.769. The minimum atomic E-state index is -0.721. The molecule has 2 saturated heterocycles. The average molecular weight is 242 g/mol. The smallest absolute Gasteiger partial charge is 0.305 e. The molecule has 2 rings (SSSR count). The van der Waals surface area contributed by atoms with Crippen LogP contribution in [-0.2, 0) is 9.53 Å². The van der Waals surface area contributed by atoms with Crippen molar-refractivity contribution in [3.63, 3.8) is 0 Å². The van der Waals surface area contributed by atoms with Crippen molar-refractivity contribution in [3.8, 4) is 0 Å². The van der Waals surface area contributed by atoms with E-state index in [4.69, 9.17) is 9.84 Å². The zero-order valence-electron chi connectivity index (χ0n) is 10.7. The van der Waals surface area contributed by atoms with Crippen LogP contribution < -0.4 is 0 Å². The topological polar surface area (TPSA) is 53.0 Å². The van der Waals surface area contributed by atoms with E-state index >= 15 is 0 Å². The van der Waals surface area contributed by atoms with Gasteiger partial charge in [-0.3, -0.25) is 9.69 Å². The minimum Gasteiger partial charge on any atom is -0.481 e. The molecule has 2 aliphatic heterocycles. The summed E-state index contributed by atoms with van der Waals surface area (Å²) in [7, 11) is 2.11. The lowest BCUT2D eigenvalue weighted by Crippen LogP contribution is -2.60. The van der Waals surface area contributed by atoms with Gasteiger partial charge in [0.05, 0.1) is 18.1 Å². The highest BCUT2D eigenvalue weighted by Gasteiger charge is 2.48. The predicted molar refractivity (Wildman–Crippen MR) is 64.1 cm³/mol. The minimum absolute atomic E-state index is 0.0157. The highest BCUT2D eigenvalue weighted by Crippen LogP contribution is 2.35. The molecule has 0 aromatic carbocycles. The maximum Gasteiger partial charge on any atom is 0.305 e. The van der Waals surface area contributed by atoms with Crippen LogP contribution in [0.15, 0.2) is 0 Å². The van der Waals surface area contributed by atoms with Crippen molar-refractivity contribution in [1.29, 1.82) is 0 Å². The molecule has 17 heavy (non-hydrogen) atoms. The van der Waals surface area contributed by atoms with Crippen LogP contribution in [0.4, 0.5) is 0 Å². The molecule has 5 nitrogen and oxygen atoms in total. The molecule has 0 aromatic heterocycles. The Balaban J connectivity index is 2.12. The van der Waals surface area contributed by atoms with Gasteiger partial charge in [-0.1, -0.05) is 0 Å². The number of hydrogen-bond acceptors (Lipinski definition) is 4. The number of rotatable bonds is 3. The Hall–Kier alpha value is -0.650. The van der Waals surface area contributed by atoms with Gasteiger partial charge in [0.1, 0.15) is 0 Å². The number of ether oxygens (including phenoxy) is 1. The standard InChI is InChI=1S/C12H22N2O3/c1-10-12(3-8-17-10,9-11(15)16)14-6-4-13(2)5-7-14/h10H,3-9H2,1-2H3,(H,15,16). The number of carbonyl (C=O) groups is 1. The molecule has 2 atom stereocenters. The number of carboxylic acids is 1. The maximum absolute atomic E-state index is 11.1. The van der Waals surface area contributed by atoms with E-state index in [9.17, 15) is 4.79 Å². The van der Waals surface area contributed by atoms with Gasteiger partial charge in [-0.05, 0) is 20.4 Å². The Kier molecular flexibility index (Phi) is 3.70. The second-order valence-electron chi connectivity index (χ2n) is 5.23. The first-order valence-electron chi connectivity index (χ1n) is 6.31. The van der Waals surface area contributed by atoms with E-state index in [1.54, 1.807) is 0 Å². The van der Waals surface area contributed by atoms with Crippen LogP contribution in [0.3, 0.4) is 0 Å². The zero-order valence-corrected chi connectivity index (χ0v) is 10.7. The van der Waals surface area contributed by atoms with E-state index in [-0.39, 0.29) is 18.1 Å². The summed E-state index contributed by atoms with van der Waals surface area (Å²) >= 11 is 0. The van der Waals surface area contributed by atoms with Gasteiger partial charge in [-0.15, -0.1) is 0 Å². The van der Waals surface area contributed by atoms with Gasteiger partial charge in [-0.2, -0.15) is 0 Å². The van der Waals surface area contributed by atoms with Gasteiger partial charge >= 0.3 is 5.97 Å². The van der Waals surface area contributed by atoms with Crippen molar-refractivity contribution in [3.05, 3.63) is 0 Å². The third-order valence-electron chi connectivity index (χ3n) is 4.25. The molecule has 1 N–H and O–H groups in total. The first-order chi connectivity index (χ1) is 8.04. The number of hydrogen-bond donors (Lipinski definition) is 1. The number of aliphatic carboxylic acids is 1. The molecule has 2 aliphatic rings. The molecule has 0 aromatic rings. The fraction of sp³-hybridized carbons (Fsp3) is 0.917. The summed E-state index contributed by atoms with van der Waals surface area (Å²) < 4.78 is 5.63. The lowest BCUT2D eigenvalue weighted by atomic mass is 9.85. The molecule has 2 unspecified atom stereocenters. The lowest BCUT2D eigenvalue weighted by molar-refractivity contribution is -0.142. The second-order valence-corrected chi connectivity index (χ2v) is 5.23. The lowest BCUT2D eigenvalue weighted by Gasteiger charge is -2.46. The van der Waals surface area contributed by atoms with E-state index in [0.29, 0.717) is 6.61 Å². The number of likely N-dealkylation sites (N-methyl/N-ethyl adjacent to an activating group) is 1. The third-order valence-corrected chi connectivity index (χ3v) is 4.25. The zero-order chi connectivity index (χ0) is 12.5. The summed E-state index contributed by atoms with van der Waals surface area (Å²) in [5.41, 5.74) is -0.285. The highest BCUT2D eigenvalue weighted by molar-refractivity contribution is 5.68. The van der Waals surface area contributed by atoms with Crippen LogP contribution in [0.2, 0.25) is 0 Å². The van der Waals surface area contributed by atoms with Gasteiger partial charge in [0, 0.05) is 32.8 Å². The van der Waals surface area contributed by atoms with Crippen molar-refractivity contribution in [1.82, 2.24) is 9.80 Å². The Morgan fingerprint density at radius 3 is 2.53 bits per heavy atom. The van der Waals surface area contributed by atoms with Crippen LogP contribution in [0, 0.1) is 0 Å². The molecule has 0 bridgehead atoms. The maximum atomic E-state index is 11.1. The van der Waals surface area contributed by atoms with Crippen LogP contribution in [0.25, 0.3) is 0 Å². The summed E-state index contributed by atoms with van der Waals surface area (Å²) in [5.74, 6) is -0.721. The third kappa shape index (κ3) is 2.46. The molecule has 2 fully saturated rings. The highest BCUT2D eigenvalue weighted by atomic mass is 16.5. The largest absolute Gasteiger partial charge is 0.481 e. The van der Waals surface area contributed by atoms with Crippen molar-refractivity contribution < 1.29 is 14.6 Å². The summed E-state index contributed by atoms with van der Waals surface area (Å²) in [4.78, 5) is 15.7. The van der Waals surface area contributed by atoms with Gasteiger partial charge < -0.3 is 14.7 Å². The summed E-state index contributed by atoms with van der Waals surface area (Å²) in [6, 6.07) is 0. The molecule has 2 heterocycles. The number of piperazine rings is 1. The Morgan fingerprint density at radius 1 is 1.41 bits per heavy atom. The predicted octanol–water partition coefficient (Wildman–Crippen LogP) is 0.256. The fourth-order valence-electron chi connectivity index (χ4n) is 3.04. The Bertz CT molecular complexity index is 289. The van der Waals surface area contributed by atoms with Crippen LogP contribution in [-0.4, -0.2) is 72.4 Å². The van der Waals surface area contributed by atoms with Gasteiger partial charge in [0.25, 0.3) is 0 Å². The normalized spacial score (nSPS) is 36.2. The van der Waals surface area contributed by atoms with Gasteiger partial charge in [0.15, 0.2) is 0 Å². The Labute approximate surface area is 102 Å². The molecular formula is C12H22N2O3. The molecular weight excluding hydrogens is 220 g/mol. The molecule has 0 spiro atoms. The molecule has 0 radical (unpaired) electrons. The van der Waals surface area contributed by atoms with Crippen molar-refractivity contribution in [2.24, 2.45) is 0 Å². The van der Waals surface area contributed by atoms with Crippen LogP contribution in [0.5, 0.6) is 0 Å². The summed E-state index contributed by atoms with van der Waals surface area (Å²) in [6.07, 6.45) is 1.05. The fourth-order valence-corrected chi connectivity index (χ4v) is 3.04. The monoisotopic (exact) mass is 242 g/mol. The SMILES string of the molecule is CC1OCCC1(CC(=O)O)N1CCN(C)CC1. The molecule has 0 amide bonds. The van der Waals surface area contributed by atoms with E-state index in [2.05, 4.69) is 16.8 Å². The molecule has 5 heteroatoms. The molecule has 98 valence electrons. The number of nitrogens with zero attached hydrogens (tertiary/aromatic N) is 2. The molecule has 0 saturated carbocycles. The molecule has 0 aliphatic carbocycles. The van der Waals surface area contributed by atoms with Crippen LogP contribution in [0.1, 0.15) is 19.8 Å². The number of carboxylic acid groups (broad SMARTS) is 1. The van der Waals surface area contributed by atoms with E-state index in [1.165, 1.54) is 0 Å². The van der Waals surface area contributed by atoms with Gasteiger partial charge in [-0.25, -0.2) is 0 Å². The van der Waals surface area contributed by atoms with E-state index in [1.807, 2.05) is 6.92 Å². The summed E-state index contributed by atoms with van der Waals surface area (Å²) in [6.45, 7) is 6.59. The first kappa shape index (κ1) is 12.8. The second kappa shape index (κ2) is 4.92. The van der Waals surface area contributed by atoms with E-state index in [0.717, 1.165) is 32.6 Å². The van der Waals surface area contributed by atoms with Gasteiger partial charge in [0.2, 0.25) is 0 Å². The van der Waals surface area contributed by atoms with E-state index < -0.39 is 5.97 Å². The van der Waals surface area contributed by atoms with Crippen molar-refractivity contribution in [2.75, 3.05) is 39.8 Å². The average Bonchev–Trinajstić information content (AvgIpc) is 2.61. The van der Waals surface area contributed by atoms with Crippen molar-refractivity contribution >= 4 is 5.97 Å².